The van der Waals surface area contributed by atoms with Crippen LogP contribution in [-0.2, 0) is 0 Å². The fourth-order valence-corrected chi connectivity index (χ4v) is 4.49. The molecule has 0 atom stereocenters. The second-order valence-corrected chi connectivity index (χ2v) is 9.46. The Morgan fingerprint density at radius 2 is 2.05 bits per heavy atom. The molecule has 1 aliphatic heterocycles. The van der Waals surface area contributed by atoms with Gasteiger partial charge < -0.3 is 24.7 Å². The number of nitrogens with zero attached hydrogens (tertiary/aromatic N) is 6. The standard InChI is InChI=1S/C24H25F3N8O3/c1-37-16-2-7-29-18-17(16)15(10-30-18)14-3-8-35(9-4-14)21-32-19(20(36)31-12-24(25,26)27)33-22(34-21)38-13-23(11-28)5-6-23/h2,7,10,14H,3-6,8-9,12-13H2,1H3,(H,29,30)(H,31,36). The number of pyridine rings is 1. The summed E-state index contributed by atoms with van der Waals surface area (Å²) in [5.41, 5.74) is 1.20. The number of methoxy groups -OCH3 is 1. The van der Waals surface area contributed by atoms with Crippen molar-refractivity contribution in [3.05, 3.63) is 29.8 Å². The SMILES string of the molecule is COc1ccnc2[nH]cc(C3CCN(c4nc(OCC5(C#N)CC5)nc(C(=O)NCC(F)(F)F)n4)CC3)c12. The maximum atomic E-state index is 12.6. The van der Waals surface area contributed by atoms with Crippen molar-refractivity contribution in [3.63, 3.8) is 0 Å². The molecule has 1 amide bonds. The number of fused-ring (bicyclic) bond motifs is 1. The molecule has 0 radical (unpaired) electrons. The molecule has 2 aliphatic rings. The highest BCUT2D eigenvalue weighted by Crippen LogP contribution is 2.45. The van der Waals surface area contributed by atoms with Crippen LogP contribution < -0.4 is 19.7 Å². The summed E-state index contributed by atoms with van der Waals surface area (Å²) in [5.74, 6) is -0.523. The molecular weight excluding hydrogens is 505 g/mol. The summed E-state index contributed by atoms with van der Waals surface area (Å²) in [6, 6.07) is 3.79. The van der Waals surface area contributed by atoms with Gasteiger partial charge in [0.05, 0.1) is 24.0 Å². The third-order valence-electron chi connectivity index (χ3n) is 6.83. The van der Waals surface area contributed by atoms with Crippen molar-refractivity contribution in [2.75, 3.05) is 38.3 Å². The third-order valence-corrected chi connectivity index (χ3v) is 6.83. The van der Waals surface area contributed by atoms with E-state index < -0.39 is 29.9 Å². The normalized spacial score (nSPS) is 17.2. The van der Waals surface area contributed by atoms with E-state index in [9.17, 15) is 23.2 Å². The summed E-state index contributed by atoms with van der Waals surface area (Å²) in [6.07, 6.45) is 1.80. The van der Waals surface area contributed by atoms with Gasteiger partial charge in [0, 0.05) is 25.5 Å². The van der Waals surface area contributed by atoms with Crippen molar-refractivity contribution in [3.8, 4) is 17.8 Å². The lowest BCUT2D eigenvalue weighted by Gasteiger charge is -2.32. The number of amides is 1. The third kappa shape index (κ3) is 5.41. The van der Waals surface area contributed by atoms with Crippen LogP contribution in [0.1, 0.15) is 47.8 Å². The van der Waals surface area contributed by atoms with Crippen molar-refractivity contribution in [2.45, 2.75) is 37.8 Å². The van der Waals surface area contributed by atoms with Crippen LogP contribution in [-0.4, -0.2) is 70.4 Å². The van der Waals surface area contributed by atoms with Gasteiger partial charge in [-0.15, -0.1) is 0 Å². The molecule has 14 heteroatoms. The number of aromatic nitrogens is 5. The fourth-order valence-electron chi connectivity index (χ4n) is 4.49. The quantitative estimate of drug-likeness (QED) is 0.449. The number of nitrogens with one attached hydrogen (secondary N) is 2. The largest absolute Gasteiger partial charge is 0.496 e. The molecule has 38 heavy (non-hydrogen) atoms. The molecule has 1 saturated heterocycles. The van der Waals surface area contributed by atoms with Gasteiger partial charge in [0.2, 0.25) is 11.8 Å². The minimum Gasteiger partial charge on any atom is -0.496 e. The zero-order valence-corrected chi connectivity index (χ0v) is 20.5. The van der Waals surface area contributed by atoms with Gasteiger partial charge in [-0.2, -0.15) is 33.4 Å². The Bertz CT molecular complexity index is 1370. The summed E-state index contributed by atoms with van der Waals surface area (Å²) >= 11 is 0. The molecule has 2 N–H and O–H groups in total. The van der Waals surface area contributed by atoms with E-state index in [0.717, 1.165) is 35.2 Å². The van der Waals surface area contributed by atoms with Crippen molar-refractivity contribution in [1.29, 1.82) is 5.26 Å². The molecule has 0 bridgehead atoms. The van der Waals surface area contributed by atoms with Gasteiger partial charge in [-0.1, -0.05) is 0 Å². The number of hydrogen-bond donors (Lipinski definition) is 2. The molecule has 3 aromatic rings. The van der Waals surface area contributed by atoms with Crippen LogP contribution >= 0.6 is 0 Å². The second-order valence-electron chi connectivity index (χ2n) is 9.46. The van der Waals surface area contributed by atoms with Crippen molar-refractivity contribution >= 4 is 22.9 Å². The number of aromatic amines is 1. The number of H-pyrrole nitrogens is 1. The maximum absolute atomic E-state index is 12.6. The Balaban J connectivity index is 1.34. The Hall–Kier alpha value is -4.15. The predicted molar refractivity (Wildman–Crippen MR) is 128 cm³/mol. The van der Waals surface area contributed by atoms with E-state index in [4.69, 9.17) is 9.47 Å². The lowest BCUT2D eigenvalue weighted by atomic mass is 9.89. The number of alkyl halides is 3. The number of hydrogen-bond acceptors (Lipinski definition) is 9. The number of nitriles is 1. The molecule has 3 aromatic heterocycles. The predicted octanol–water partition coefficient (Wildman–Crippen LogP) is 3.12. The number of carbonyl (C=O) groups excluding carboxylic acids is 1. The van der Waals surface area contributed by atoms with Crippen molar-refractivity contribution in [2.24, 2.45) is 5.41 Å². The van der Waals surface area contributed by atoms with Gasteiger partial charge in [-0.3, -0.25) is 4.79 Å². The van der Waals surface area contributed by atoms with Gasteiger partial charge in [-0.25, -0.2) is 4.98 Å². The van der Waals surface area contributed by atoms with Gasteiger partial charge in [0.15, 0.2) is 0 Å². The maximum Gasteiger partial charge on any atom is 0.405 e. The highest BCUT2D eigenvalue weighted by Gasteiger charge is 2.44. The summed E-state index contributed by atoms with van der Waals surface area (Å²) in [6.45, 7) is -0.450. The molecular formula is C24H25F3N8O3. The van der Waals surface area contributed by atoms with E-state index >= 15 is 0 Å². The summed E-state index contributed by atoms with van der Waals surface area (Å²) in [5, 5.41) is 12.0. The zero-order chi connectivity index (χ0) is 26.9. The molecule has 200 valence electrons. The van der Waals surface area contributed by atoms with Crippen LogP contribution in [0.15, 0.2) is 18.5 Å². The summed E-state index contributed by atoms with van der Waals surface area (Å²) in [7, 11) is 1.61. The van der Waals surface area contributed by atoms with Crippen LogP contribution in [0.3, 0.4) is 0 Å². The lowest BCUT2D eigenvalue weighted by Crippen LogP contribution is -2.37. The molecule has 5 rings (SSSR count). The number of ether oxygens (including phenoxy) is 2. The molecule has 4 heterocycles. The molecule has 0 spiro atoms. The molecule has 1 aliphatic carbocycles. The molecule has 2 fully saturated rings. The minimum atomic E-state index is -4.58. The summed E-state index contributed by atoms with van der Waals surface area (Å²) < 4.78 is 49.0. The van der Waals surface area contributed by atoms with Crippen LogP contribution in [0.5, 0.6) is 11.8 Å². The van der Waals surface area contributed by atoms with Crippen LogP contribution in [0.4, 0.5) is 19.1 Å². The molecule has 11 nitrogen and oxygen atoms in total. The van der Waals surface area contributed by atoms with Crippen LogP contribution in [0.25, 0.3) is 11.0 Å². The van der Waals surface area contributed by atoms with Gasteiger partial charge in [0.25, 0.3) is 5.91 Å². The zero-order valence-electron chi connectivity index (χ0n) is 20.5. The topological polar surface area (TPSA) is 142 Å². The first kappa shape index (κ1) is 25.5. The van der Waals surface area contributed by atoms with Gasteiger partial charge >= 0.3 is 12.2 Å². The second kappa shape index (κ2) is 9.96. The Labute approximate surface area is 215 Å². The monoisotopic (exact) mass is 530 g/mol. The Kier molecular flexibility index (Phi) is 6.68. The number of carbonyl (C=O) groups is 1. The van der Waals surface area contributed by atoms with E-state index in [1.807, 2.05) is 17.2 Å². The van der Waals surface area contributed by atoms with E-state index in [1.54, 1.807) is 18.6 Å². The lowest BCUT2D eigenvalue weighted by molar-refractivity contribution is -0.123. The first-order valence-corrected chi connectivity index (χ1v) is 12.1. The van der Waals surface area contributed by atoms with Gasteiger partial charge in [0.1, 0.15) is 24.5 Å². The van der Waals surface area contributed by atoms with Crippen LogP contribution in [0.2, 0.25) is 0 Å². The van der Waals surface area contributed by atoms with E-state index in [-0.39, 0.29) is 24.5 Å². The Morgan fingerprint density at radius 3 is 2.71 bits per heavy atom. The highest BCUT2D eigenvalue weighted by molar-refractivity contribution is 5.90. The first-order chi connectivity index (χ1) is 18.2. The smallest absolute Gasteiger partial charge is 0.405 e. The minimum absolute atomic E-state index is 0.0229. The molecule has 0 aromatic carbocycles. The Morgan fingerprint density at radius 1 is 1.29 bits per heavy atom. The van der Waals surface area contributed by atoms with Crippen molar-refractivity contribution in [1.82, 2.24) is 30.2 Å². The number of rotatable bonds is 8. The molecule has 1 saturated carbocycles. The van der Waals surface area contributed by atoms with Crippen LogP contribution in [0, 0.1) is 16.7 Å². The average molecular weight is 531 g/mol. The van der Waals surface area contributed by atoms with Gasteiger partial charge in [-0.05, 0) is 43.2 Å². The number of anilines is 1. The average Bonchev–Trinajstić information content (AvgIpc) is 3.58. The van der Waals surface area contributed by atoms with Crippen molar-refractivity contribution < 1.29 is 27.4 Å². The fraction of sp³-hybridized carbons (Fsp3) is 0.500. The molecule has 0 unspecified atom stereocenters. The van der Waals surface area contributed by atoms with E-state index in [1.165, 1.54) is 0 Å². The summed E-state index contributed by atoms with van der Waals surface area (Å²) in [4.78, 5) is 34.2. The first-order valence-electron chi connectivity index (χ1n) is 12.1. The number of piperidine rings is 1. The number of halogens is 3. The highest BCUT2D eigenvalue weighted by atomic mass is 19.4. The van der Waals surface area contributed by atoms with E-state index in [2.05, 4.69) is 31.0 Å². The van der Waals surface area contributed by atoms with E-state index in [0.29, 0.717) is 25.9 Å².